The third-order valence-electron chi connectivity index (χ3n) is 3.54. The number of carbonyl (C=O) groups is 3. The normalized spacial score (nSPS) is 10.9. The monoisotopic (exact) mass is 430 g/mol. The Kier molecular flexibility index (Phi) is 7.76. The molecule has 0 saturated heterocycles. The average Bonchev–Trinajstić information content (AvgIpc) is 2.65. The van der Waals surface area contributed by atoms with Crippen LogP contribution >= 0.6 is 15.9 Å². The zero-order valence-corrected chi connectivity index (χ0v) is 16.0. The first-order valence-corrected chi connectivity index (χ1v) is 9.08. The Labute approximate surface area is 165 Å². The molecule has 2 amide bonds. The van der Waals surface area contributed by atoms with Gasteiger partial charge in [-0.05, 0) is 42.3 Å². The first kappa shape index (κ1) is 20.4. The van der Waals surface area contributed by atoms with Crippen LogP contribution in [-0.4, -0.2) is 29.4 Å². The van der Waals surface area contributed by atoms with E-state index in [1.807, 2.05) is 18.2 Å². The molecule has 2 rings (SSSR count). The molecular formula is C20H19BrN2O4. The molecule has 0 heterocycles. The molecule has 0 radical (unpaired) electrons. The minimum absolute atomic E-state index is 0.0403. The molecule has 7 heteroatoms. The first-order chi connectivity index (χ1) is 13.0. The van der Waals surface area contributed by atoms with E-state index in [1.54, 1.807) is 42.5 Å². The maximum Gasteiger partial charge on any atom is 0.303 e. The smallest absolute Gasteiger partial charge is 0.303 e. The summed E-state index contributed by atoms with van der Waals surface area (Å²) in [4.78, 5) is 35.5. The van der Waals surface area contributed by atoms with E-state index >= 15 is 0 Å². The number of nitrogens with one attached hydrogen (secondary N) is 2. The summed E-state index contributed by atoms with van der Waals surface area (Å²) >= 11 is 3.37. The first-order valence-electron chi connectivity index (χ1n) is 8.29. The fraction of sp³-hybridized carbons (Fsp3) is 0.150. The number of halogens is 1. The molecule has 0 spiro atoms. The molecule has 140 valence electrons. The maximum atomic E-state index is 12.5. The van der Waals surface area contributed by atoms with Crippen molar-refractivity contribution in [1.29, 1.82) is 0 Å². The second kappa shape index (κ2) is 10.3. The number of benzene rings is 2. The molecule has 0 atom stereocenters. The maximum absolute atomic E-state index is 12.5. The Balaban J connectivity index is 2.16. The van der Waals surface area contributed by atoms with Crippen LogP contribution in [0.2, 0.25) is 0 Å². The number of carbonyl (C=O) groups excluding carboxylic acids is 2. The second-order valence-corrected chi connectivity index (χ2v) is 6.60. The van der Waals surface area contributed by atoms with Gasteiger partial charge in [-0.25, -0.2) is 0 Å². The lowest BCUT2D eigenvalue weighted by atomic mass is 10.1. The van der Waals surface area contributed by atoms with Gasteiger partial charge in [-0.1, -0.05) is 46.3 Å². The van der Waals surface area contributed by atoms with Crippen molar-refractivity contribution in [2.75, 3.05) is 6.54 Å². The summed E-state index contributed by atoms with van der Waals surface area (Å²) in [5.41, 5.74) is 1.24. The highest BCUT2D eigenvalue weighted by molar-refractivity contribution is 9.10. The van der Waals surface area contributed by atoms with Crippen LogP contribution in [-0.2, 0) is 9.59 Å². The zero-order chi connectivity index (χ0) is 19.6. The molecular weight excluding hydrogens is 412 g/mol. The van der Waals surface area contributed by atoms with Gasteiger partial charge < -0.3 is 15.7 Å². The Bertz CT molecular complexity index is 850. The zero-order valence-electron chi connectivity index (χ0n) is 14.4. The van der Waals surface area contributed by atoms with Crippen molar-refractivity contribution >= 4 is 39.8 Å². The Hall–Kier alpha value is -2.93. The van der Waals surface area contributed by atoms with Gasteiger partial charge in [0, 0.05) is 23.0 Å². The van der Waals surface area contributed by atoms with Crippen LogP contribution in [0.25, 0.3) is 6.08 Å². The summed E-state index contributed by atoms with van der Waals surface area (Å²) < 4.78 is 0.840. The third-order valence-corrected chi connectivity index (χ3v) is 4.03. The van der Waals surface area contributed by atoms with Crippen LogP contribution in [0.5, 0.6) is 0 Å². The van der Waals surface area contributed by atoms with E-state index in [2.05, 4.69) is 26.6 Å². The van der Waals surface area contributed by atoms with Crippen molar-refractivity contribution in [1.82, 2.24) is 10.6 Å². The summed E-state index contributed by atoms with van der Waals surface area (Å²) in [5.74, 6) is -1.81. The van der Waals surface area contributed by atoms with Gasteiger partial charge in [-0.2, -0.15) is 0 Å². The van der Waals surface area contributed by atoms with Gasteiger partial charge in [0.15, 0.2) is 0 Å². The molecule has 27 heavy (non-hydrogen) atoms. The average molecular weight is 431 g/mol. The van der Waals surface area contributed by atoms with E-state index in [-0.39, 0.29) is 18.7 Å². The molecule has 0 aliphatic heterocycles. The molecule has 2 aromatic carbocycles. The Morgan fingerprint density at radius 2 is 1.78 bits per heavy atom. The lowest BCUT2D eigenvalue weighted by Crippen LogP contribution is -2.35. The quantitative estimate of drug-likeness (QED) is 0.442. The predicted octanol–water partition coefficient (Wildman–Crippen LogP) is 3.20. The van der Waals surface area contributed by atoms with Gasteiger partial charge >= 0.3 is 5.97 Å². The molecule has 0 fully saturated rings. The summed E-state index contributed by atoms with van der Waals surface area (Å²) in [7, 11) is 0. The topological polar surface area (TPSA) is 95.5 Å². The number of carboxylic acid groups (broad SMARTS) is 1. The number of hydrogen-bond acceptors (Lipinski definition) is 3. The van der Waals surface area contributed by atoms with Gasteiger partial charge in [0.1, 0.15) is 5.70 Å². The highest BCUT2D eigenvalue weighted by atomic mass is 79.9. The summed E-state index contributed by atoms with van der Waals surface area (Å²) in [5, 5.41) is 13.9. The molecule has 0 aliphatic rings. The predicted molar refractivity (Wildman–Crippen MR) is 106 cm³/mol. The van der Waals surface area contributed by atoms with Gasteiger partial charge in [-0.3, -0.25) is 14.4 Å². The van der Waals surface area contributed by atoms with Crippen LogP contribution in [0.1, 0.15) is 28.8 Å². The SMILES string of the molecule is O=C(O)CCCNC(=O)/C(=C\c1cccc(Br)c1)NC(=O)c1ccccc1. The number of hydrogen-bond donors (Lipinski definition) is 3. The lowest BCUT2D eigenvalue weighted by molar-refractivity contribution is -0.137. The van der Waals surface area contributed by atoms with Gasteiger partial charge in [0.05, 0.1) is 0 Å². The third kappa shape index (κ3) is 7.07. The van der Waals surface area contributed by atoms with E-state index in [9.17, 15) is 14.4 Å². The standard InChI is InChI=1S/C20H19BrN2O4/c21-16-9-4-6-14(12-16)13-17(20(27)22-11-5-10-18(24)25)23-19(26)15-7-2-1-3-8-15/h1-4,6-9,12-13H,5,10-11H2,(H,22,27)(H,23,26)(H,24,25)/b17-13+. The number of rotatable bonds is 8. The highest BCUT2D eigenvalue weighted by Gasteiger charge is 2.14. The van der Waals surface area contributed by atoms with E-state index < -0.39 is 17.8 Å². The van der Waals surface area contributed by atoms with Crippen molar-refractivity contribution in [3.8, 4) is 0 Å². The van der Waals surface area contributed by atoms with Crippen LogP contribution in [0, 0.1) is 0 Å². The summed E-state index contributed by atoms with van der Waals surface area (Å²) in [6, 6.07) is 15.8. The fourth-order valence-electron chi connectivity index (χ4n) is 2.24. The Morgan fingerprint density at radius 1 is 1.04 bits per heavy atom. The lowest BCUT2D eigenvalue weighted by Gasteiger charge is -2.11. The van der Waals surface area contributed by atoms with E-state index in [1.165, 1.54) is 0 Å². The van der Waals surface area contributed by atoms with Crippen molar-refractivity contribution in [3.63, 3.8) is 0 Å². The molecule has 0 unspecified atom stereocenters. The van der Waals surface area contributed by atoms with Crippen LogP contribution in [0.3, 0.4) is 0 Å². The highest BCUT2D eigenvalue weighted by Crippen LogP contribution is 2.14. The summed E-state index contributed by atoms with van der Waals surface area (Å²) in [6.45, 7) is 0.197. The fourth-order valence-corrected chi connectivity index (χ4v) is 2.66. The van der Waals surface area contributed by atoms with Crippen LogP contribution in [0.15, 0.2) is 64.8 Å². The van der Waals surface area contributed by atoms with E-state index in [4.69, 9.17) is 5.11 Å². The van der Waals surface area contributed by atoms with E-state index in [0.29, 0.717) is 12.0 Å². The molecule has 0 saturated carbocycles. The molecule has 0 aliphatic carbocycles. The van der Waals surface area contributed by atoms with E-state index in [0.717, 1.165) is 10.0 Å². The minimum atomic E-state index is -0.925. The molecule has 0 bridgehead atoms. The van der Waals surface area contributed by atoms with Gasteiger partial charge in [0.2, 0.25) is 0 Å². The number of carboxylic acids is 1. The van der Waals surface area contributed by atoms with Gasteiger partial charge in [-0.15, -0.1) is 0 Å². The number of amides is 2. The van der Waals surface area contributed by atoms with Crippen molar-refractivity contribution in [2.45, 2.75) is 12.8 Å². The largest absolute Gasteiger partial charge is 0.481 e. The Morgan fingerprint density at radius 3 is 2.44 bits per heavy atom. The van der Waals surface area contributed by atoms with Crippen molar-refractivity contribution in [2.24, 2.45) is 0 Å². The van der Waals surface area contributed by atoms with Crippen molar-refractivity contribution < 1.29 is 19.5 Å². The van der Waals surface area contributed by atoms with Crippen LogP contribution < -0.4 is 10.6 Å². The molecule has 2 aromatic rings. The molecule has 6 nitrogen and oxygen atoms in total. The summed E-state index contributed by atoms with van der Waals surface area (Å²) in [6.07, 6.45) is 1.83. The number of aliphatic carboxylic acids is 1. The molecule has 3 N–H and O–H groups in total. The van der Waals surface area contributed by atoms with Gasteiger partial charge in [0.25, 0.3) is 11.8 Å². The van der Waals surface area contributed by atoms with Crippen molar-refractivity contribution in [3.05, 3.63) is 75.9 Å². The second-order valence-electron chi connectivity index (χ2n) is 5.69. The minimum Gasteiger partial charge on any atom is -0.481 e. The van der Waals surface area contributed by atoms with Crippen LogP contribution in [0.4, 0.5) is 0 Å². The molecule has 0 aromatic heterocycles.